The van der Waals surface area contributed by atoms with Crippen molar-refractivity contribution >= 4 is 15.7 Å². The van der Waals surface area contributed by atoms with Crippen LogP contribution in [-0.2, 0) is 10.0 Å². The minimum atomic E-state index is -3.43. The zero-order chi connectivity index (χ0) is 19.8. The topological polar surface area (TPSA) is 53.5 Å². The Kier molecular flexibility index (Phi) is 6.80. The third kappa shape index (κ3) is 5.65. The van der Waals surface area contributed by atoms with E-state index in [1.54, 1.807) is 30.6 Å². The van der Waals surface area contributed by atoms with E-state index < -0.39 is 10.0 Å². The quantitative estimate of drug-likeness (QED) is 0.573. The Morgan fingerprint density at radius 2 is 1.86 bits per heavy atom. The third-order valence-corrected chi connectivity index (χ3v) is 6.01. The van der Waals surface area contributed by atoms with Crippen LogP contribution >= 0.6 is 0 Å². The van der Waals surface area contributed by atoms with Crippen LogP contribution in [0.15, 0.2) is 60.3 Å². The van der Waals surface area contributed by atoms with Gasteiger partial charge >= 0.3 is 0 Å². The monoisotopic (exact) mass is 399 g/mol. The maximum atomic E-state index is 13.0. The van der Waals surface area contributed by atoms with Gasteiger partial charge in [0.1, 0.15) is 5.82 Å². The minimum absolute atomic E-state index is 0.278. The fourth-order valence-electron chi connectivity index (χ4n) is 2.89. The molecule has 1 aliphatic heterocycles. The molecule has 0 N–H and O–H groups in total. The second-order valence-electron chi connectivity index (χ2n) is 6.36. The highest BCUT2D eigenvalue weighted by Gasteiger charge is 2.24. The lowest BCUT2D eigenvalue weighted by Gasteiger charge is -2.34. The summed E-state index contributed by atoms with van der Waals surface area (Å²) in [5.41, 5.74) is 1.75. The van der Waals surface area contributed by atoms with Crippen LogP contribution in [0, 0.1) is 17.7 Å². The van der Waals surface area contributed by atoms with Gasteiger partial charge in [-0.25, -0.2) is 12.8 Å². The highest BCUT2D eigenvalue weighted by Crippen LogP contribution is 2.18. The summed E-state index contributed by atoms with van der Waals surface area (Å²) >= 11 is 0. The van der Waals surface area contributed by atoms with Crippen molar-refractivity contribution in [1.29, 1.82) is 0 Å². The average molecular weight is 399 g/mol. The highest BCUT2D eigenvalue weighted by molar-refractivity contribution is 7.92. The molecule has 0 saturated carbocycles. The number of halogens is 1. The molecule has 1 saturated heterocycles. The smallest absolute Gasteiger partial charge is 0.236 e. The van der Waals surface area contributed by atoms with Crippen molar-refractivity contribution in [3.05, 3.63) is 71.7 Å². The Labute approximate surface area is 165 Å². The second-order valence-corrected chi connectivity index (χ2v) is 8.18. The molecule has 2 heterocycles. The van der Waals surface area contributed by atoms with Gasteiger partial charge in [-0.05, 0) is 42.8 Å². The van der Waals surface area contributed by atoms with Crippen molar-refractivity contribution in [1.82, 2.24) is 9.29 Å². The molecular formula is C21H22FN3O2S. The number of benzene rings is 1. The predicted molar refractivity (Wildman–Crippen MR) is 109 cm³/mol. The van der Waals surface area contributed by atoms with Crippen molar-refractivity contribution in [3.8, 4) is 11.8 Å². The van der Waals surface area contributed by atoms with Gasteiger partial charge in [0, 0.05) is 61.7 Å². The Hall–Kier alpha value is -2.69. The lowest BCUT2D eigenvalue weighted by Crippen LogP contribution is -2.48. The number of rotatable bonds is 5. The molecule has 3 rings (SSSR count). The molecule has 7 heteroatoms. The summed E-state index contributed by atoms with van der Waals surface area (Å²) in [4.78, 5) is 6.05. The maximum Gasteiger partial charge on any atom is 0.236 e. The van der Waals surface area contributed by atoms with E-state index in [0.29, 0.717) is 39.0 Å². The molecular weight excluding hydrogens is 377 g/mol. The molecule has 0 aliphatic carbocycles. The number of nitrogens with zero attached hydrogens (tertiary/aromatic N) is 3. The van der Waals surface area contributed by atoms with Gasteiger partial charge in [-0.15, -0.1) is 0 Å². The molecule has 28 heavy (non-hydrogen) atoms. The molecule has 5 nitrogen and oxygen atoms in total. The summed E-state index contributed by atoms with van der Waals surface area (Å²) in [5.74, 6) is 5.73. The summed E-state index contributed by atoms with van der Waals surface area (Å²) in [6.45, 7) is 1.97. The molecule has 0 atom stereocenters. The normalized spacial score (nSPS) is 15.4. The Bertz CT molecular complexity index is 956. The van der Waals surface area contributed by atoms with E-state index in [4.69, 9.17) is 0 Å². The molecule has 2 aromatic rings. The first-order valence-electron chi connectivity index (χ1n) is 9.11. The molecule has 1 aliphatic rings. The van der Waals surface area contributed by atoms with Crippen LogP contribution in [0.4, 0.5) is 10.1 Å². The number of pyridine rings is 1. The van der Waals surface area contributed by atoms with Crippen molar-refractivity contribution in [2.75, 3.05) is 31.1 Å². The van der Waals surface area contributed by atoms with Gasteiger partial charge in [-0.3, -0.25) is 4.98 Å². The highest BCUT2D eigenvalue weighted by atomic mass is 32.2. The lowest BCUT2D eigenvalue weighted by atomic mass is 10.2. The van der Waals surface area contributed by atoms with Gasteiger partial charge in [0.2, 0.25) is 10.0 Å². The fourth-order valence-corrected chi connectivity index (χ4v) is 4.11. The molecule has 0 radical (unpaired) electrons. The van der Waals surface area contributed by atoms with Crippen LogP contribution in [0.3, 0.4) is 0 Å². The van der Waals surface area contributed by atoms with Gasteiger partial charge < -0.3 is 4.90 Å². The van der Waals surface area contributed by atoms with Crippen LogP contribution in [0.1, 0.15) is 18.4 Å². The van der Waals surface area contributed by atoms with Crippen molar-refractivity contribution in [2.24, 2.45) is 0 Å². The first-order valence-corrected chi connectivity index (χ1v) is 10.6. The molecule has 1 fully saturated rings. The number of unbranched alkanes of at least 4 members (excludes halogenated alkanes) is 1. The summed E-state index contributed by atoms with van der Waals surface area (Å²) in [5, 5.41) is 1.27. The van der Waals surface area contributed by atoms with Gasteiger partial charge in [0.25, 0.3) is 0 Å². The lowest BCUT2D eigenvalue weighted by molar-refractivity contribution is 0.390. The van der Waals surface area contributed by atoms with E-state index in [0.717, 1.165) is 11.3 Å². The van der Waals surface area contributed by atoms with E-state index in [1.165, 1.54) is 21.8 Å². The molecule has 0 spiro atoms. The molecule has 0 unspecified atom stereocenters. The number of sulfonamides is 1. The average Bonchev–Trinajstić information content (AvgIpc) is 2.72. The van der Waals surface area contributed by atoms with E-state index in [-0.39, 0.29) is 5.82 Å². The van der Waals surface area contributed by atoms with Crippen LogP contribution in [-0.4, -0.2) is 43.9 Å². The largest absolute Gasteiger partial charge is 0.369 e. The summed E-state index contributed by atoms with van der Waals surface area (Å²) in [7, 11) is -3.43. The number of anilines is 1. The second kappa shape index (κ2) is 9.49. The van der Waals surface area contributed by atoms with Crippen molar-refractivity contribution in [3.63, 3.8) is 0 Å². The molecule has 0 amide bonds. The van der Waals surface area contributed by atoms with Gasteiger partial charge in [-0.1, -0.05) is 17.9 Å². The number of hydrogen-bond acceptors (Lipinski definition) is 4. The first-order chi connectivity index (χ1) is 13.5. The zero-order valence-electron chi connectivity index (χ0n) is 15.5. The van der Waals surface area contributed by atoms with Crippen LogP contribution < -0.4 is 4.90 Å². The summed E-state index contributed by atoms with van der Waals surface area (Å²) < 4.78 is 39.4. The first kappa shape index (κ1) is 20.1. The SMILES string of the molecule is O=S(=O)(/C=C/CCC#Cc1cccnc1)N1CCN(c2ccc(F)cc2)CC1. The van der Waals surface area contributed by atoms with Gasteiger partial charge in [0.15, 0.2) is 0 Å². The third-order valence-electron chi connectivity index (χ3n) is 4.39. The maximum absolute atomic E-state index is 13.0. The Morgan fingerprint density at radius 1 is 1.11 bits per heavy atom. The van der Waals surface area contributed by atoms with Crippen LogP contribution in [0.2, 0.25) is 0 Å². The number of piperazine rings is 1. The number of allylic oxidation sites excluding steroid dienone is 1. The standard InChI is InChI=1S/C21H22FN3O2S/c22-20-8-10-21(11-9-20)24-13-15-25(16-14-24)28(26,27)17-4-2-1-3-6-19-7-5-12-23-18-19/h4-5,7-12,17-18H,1-2,13-16H2/b17-4+. The molecule has 146 valence electrons. The Morgan fingerprint density at radius 3 is 2.54 bits per heavy atom. The van der Waals surface area contributed by atoms with Crippen molar-refractivity contribution in [2.45, 2.75) is 12.8 Å². The van der Waals surface area contributed by atoms with Crippen LogP contribution in [0.5, 0.6) is 0 Å². The molecule has 0 bridgehead atoms. The summed E-state index contributed by atoms with van der Waals surface area (Å²) in [6.07, 6.45) is 6.19. The van der Waals surface area contributed by atoms with Crippen LogP contribution in [0.25, 0.3) is 0 Å². The number of aromatic nitrogens is 1. The van der Waals surface area contributed by atoms with Gasteiger partial charge in [-0.2, -0.15) is 4.31 Å². The van der Waals surface area contributed by atoms with Gasteiger partial charge in [0.05, 0.1) is 0 Å². The van der Waals surface area contributed by atoms with E-state index >= 15 is 0 Å². The molecule has 1 aromatic heterocycles. The minimum Gasteiger partial charge on any atom is -0.369 e. The van der Waals surface area contributed by atoms with Crippen molar-refractivity contribution < 1.29 is 12.8 Å². The van der Waals surface area contributed by atoms with E-state index in [1.807, 2.05) is 12.1 Å². The molecule has 1 aromatic carbocycles. The van der Waals surface area contributed by atoms with E-state index in [2.05, 4.69) is 21.7 Å². The predicted octanol–water partition coefficient (Wildman–Crippen LogP) is 3.02. The Balaban J connectivity index is 1.46. The zero-order valence-corrected chi connectivity index (χ0v) is 16.3. The fraction of sp³-hybridized carbons (Fsp3) is 0.286. The van der Waals surface area contributed by atoms with E-state index in [9.17, 15) is 12.8 Å². The number of hydrogen-bond donors (Lipinski definition) is 0. The summed E-state index contributed by atoms with van der Waals surface area (Å²) in [6, 6.07) is 9.97.